The molecule has 0 aromatic heterocycles. The fraction of sp³-hybridized carbons (Fsp3) is 0.312. The molecular weight excluding hydrogens is 728 g/mol. The SMILES string of the molecule is COc1cc(/C=N\NC(=O)[C@H](Cc2ccc(O)cc2)NC(=O)[C@H](CO)NC(=O)OC(C)(C)C)cc(Br)c1OCc1ccc(Br)cc1. The Hall–Kier alpha value is -4.14. The van der Waals surface area contributed by atoms with Gasteiger partial charge in [0.2, 0.25) is 5.91 Å². The fourth-order valence-electron chi connectivity index (χ4n) is 3.93. The van der Waals surface area contributed by atoms with Crippen molar-refractivity contribution >= 4 is 56.0 Å². The number of amides is 3. The highest BCUT2D eigenvalue weighted by atomic mass is 79.9. The van der Waals surface area contributed by atoms with Crippen LogP contribution >= 0.6 is 31.9 Å². The standard InChI is InChI=1S/C32H36Br2N4O8/c1-32(2,3)46-31(43)37-26(17-39)29(41)36-25(14-19-7-11-23(40)12-8-19)30(42)38-35-16-21-13-24(34)28(27(15-21)44-4)45-18-20-5-9-22(33)10-6-20/h5-13,15-16,25-26,39-40H,14,17-18H2,1-4H3,(H,36,41)(H,37,43)(H,38,42)/b35-16-/t25-,26-/m0/s1. The zero-order chi connectivity index (χ0) is 33.9. The first kappa shape index (κ1) is 36.3. The number of ether oxygens (including phenoxy) is 3. The zero-order valence-electron chi connectivity index (χ0n) is 25.7. The Morgan fingerprint density at radius 1 is 0.935 bits per heavy atom. The summed E-state index contributed by atoms with van der Waals surface area (Å²) in [5.41, 5.74) is 3.75. The van der Waals surface area contributed by atoms with Gasteiger partial charge in [-0.1, -0.05) is 40.2 Å². The van der Waals surface area contributed by atoms with E-state index in [1.54, 1.807) is 45.0 Å². The van der Waals surface area contributed by atoms with E-state index in [-0.39, 0.29) is 12.2 Å². The molecule has 46 heavy (non-hydrogen) atoms. The average Bonchev–Trinajstić information content (AvgIpc) is 2.99. The number of aliphatic hydroxyl groups excluding tert-OH is 1. The van der Waals surface area contributed by atoms with E-state index in [4.69, 9.17) is 14.2 Å². The van der Waals surface area contributed by atoms with Gasteiger partial charge in [-0.15, -0.1) is 0 Å². The van der Waals surface area contributed by atoms with Crippen molar-refractivity contribution in [3.05, 3.63) is 86.3 Å². The molecule has 0 fully saturated rings. The number of methoxy groups -OCH3 is 1. The van der Waals surface area contributed by atoms with Crippen LogP contribution in [0.15, 0.2) is 74.7 Å². The molecule has 0 unspecified atom stereocenters. The van der Waals surface area contributed by atoms with E-state index < -0.39 is 42.2 Å². The Kier molecular flexibility index (Phi) is 13.4. The topological polar surface area (TPSA) is 168 Å². The molecule has 0 saturated carbocycles. The Balaban J connectivity index is 1.72. The van der Waals surface area contributed by atoms with Crippen LogP contribution in [0.2, 0.25) is 0 Å². The highest BCUT2D eigenvalue weighted by Crippen LogP contribution is 2.37. The third kappa shape index (κ3) is 11.7. The molecule has 0 heterocycles. The number of carbonyl (C=O) groups excluding carboxylic acids is 3. The van der Waals surface area contributed by atoms with Crippen LogP contribution in [0.1, 0.15) is 37.5 Å². The number of hydrogen-bond acceptors (Lipinski definition) is 9. The normalized spacial score (nSPS) is 12.6. The molecule has 2 atom stereocenters. The van der Waals surface area contributed by atoms with Gasteiger partial charge >= 0.3 is 6.09 Å². The van der Waals surface area contributed by atoms with Gasteiger partial charge in [-0.05, 0) is 89.8 Å². The lowest BCUT2D eigenvalue weighted by Crippen LogP contribution is -2.55. The van der Waals surface area contributed by atoms with Gasteiger partial charge in [0, 0.05) is 10.9 Å². The number of nitrogens with one attached hydrogen (secondary N) is 3. The summed E-state index contributed by atoms with van der Waals surface area (Å²) < 4.78 is 18.2. The van der Waals surface area contributed by atoms with Crippen molar-refractivity contribution in [2.75, 3.05) is 13.7 Å². The predicted molar refractivity (Wildman–Crippen MR) is 179 cm³/mol. The molecule has 3 aromatic carbocycles. The van der Waals surface area contributed by atoms with Crippen LogP contribution in [-0.2, 0) is 27.4 Å². The summed E-state index contributed by atoms with van der Waals surface area (Å²) >= 11 is 6.92. The van der Waals surface area contributed by atoms with E-state index in [0.29, 0.717) is 33.7 Å². The first-order chi connectivity index (χ1) is 21.8. The number of hydrazone groups is 1. The molecule has 0 bridgehead atoms. The third-order valence-corrected chi connectivity index (χ3v) is 7.25. The molecule has 246 valence electrons. The van der Waals surface area contributed by atoms with Crippen LogP contribution in [0.3, 0.4) is 0 Å². The number of nitrogens with zero attached hydrogens (tertiary/aromatic N) is 1. The summed E-state index contributed by atoms with van der Waals surface area (Å²) in [5, 5.41) is 28.3. The largest absolute Gasteiger partial charge is 0.508 e. The Morgan fingerprint density at radius 3 is 2.20 bits per heavy atom. The molecule has 0 aliphatic rings. The molecule has 0 saturated heterocycles. The molecule has 0 radical (unpaired) electrons. The quantitative estimate of drug-likeness (QED) is 0.125. The van der Waals surface area contributed by atoms with Gasteiger partial charge in [-0.2, -0.15) is 5.10 Å². The molecule has 3 aromatic rings. The highest BCUT2D eigenvalue weighted by molar-refractivity contribution is 9.10. The molecule has 0 aliphatic heterocycles. The van der Waals surface area contributed by atoms with Crippen molar-refractivity contribution in [2.24, 2.45) is 5.10 Å². The van der Waals surface area contributed by atoms with Gasteiger partial charge in [0.05, 0.1) is 24.4 Å². The number of benzene rings is 3. The lowest BCUT2D eigenvalue weighted by atomic mass is 10.0. The summed E-state index contributed by atoms with van der Waals surface area (Å²) in [5.74, 6) is -0.534. The summed E-state index contributed by atoms with van der Waals surface area (Å²) in [4.78, 5) is 38.4. The minimum absolute atomic E-state index is 0.0156. The highest BCUT2D eigenvalue weighted by Gasteiger charge is 2.28. The molecule has 3 rings (SSSR count). The molecule has 5 N–H and O–H groups in total. The van der Waals surface area contributed by atoms with Gasteiger partial charge in [0.15, 0.2) is 11.5 Å². The summed E-state index contributed by atoms with van der Waals surface area (Å²) in [6, 6.07) is 14.7. The van der Waals surface area contributed by atoms with Gasteiger partial charge in [0.1, 0.15) is 30.0 Å². The number of carbonyl (C=O) groups is 3. The average molecular weight is 764 g/mol. The Bertz CT molecular complexity index is 1530. The minimum Gasteiger partial charge on any atom is -0.508 e. The van der Waals surface area contributed by atoms with Crippen LogP contribution < -0.4 is 25.5 Å². The lowest BCUT2D eigenvalue weighted by Gasteiger charge is -2.24. The molecule has 12 nitrogen and oxygen atoms in total. The van der Waals surface area contributed by atoms with Crippen molar-refractivity contribution in [2.45, 2.75) is 51.5 Å². The molecule has 3 amide bonds. The molecule has 0 spiro atoms. The van der Waals surface area contributed by atoms with Crippen LogP contribution in [-0.4, -0.2) is 65.7 Å². The maximum atomic E-state index is 13.2. The number of aromatic hydroxyl groups is 1. The van der Waals surface area contributed by atoms with E-state index in [9.17, 15) is 24.6 Å². The van der Waals surface area contributed by atoms with Crippen molar-refractivity contribution in [3.8, 4) is 17.2 Å². The van der Waals surface area contributed by atoms with Crippen molar-refractivity contribution in [3.63, 3.8) is 0 Å². The van der Waals surface area contributed by atoms with Gasteiger partial charge < -0.3 is 35.1 Å². The third-order valence-electron chi connectivity index (χ3n) is 6.14. The number of aliphatic hydroxyl groups is 1. The summed E-state index contributed by atoms with van der Waals surface area (Å²) in [7, 11) is 1.50. The van der Waals surface area contributed by atoms with Crippen LogP contribution in [0.25, 0.3) is 0 Å². The number of halogens is 2. The number of alkyl carbamates (subject to hydrolysis) is 1. The van der Waals surface area contributed by atoms with E-state index >= 15 is 0 Å². The number of phenolic OH excluding ortho intramolecular Hbond substituents is 1. The van der Waals surface area contributed by atoms with Crippen LogP contribution in [0, 0.1) is 0 Å². The first-order valence-electron chi connectivity index (χ1n) is 14.0. The van der Waals surface area contributed by atoms with Crippen molar-refractivity contribution in [1.82, 2.24) is 16.1 Å². The second-order valence-electron chi connectivity index (χ2n) is 11.0. The minimum atomic E-state index is -1.39. The second-order valence-corrected chi connectivity index (χ2v) is 12.8. The van der Waals surface area contributed by atoms with Crippen LogP contribution in [0.4, 0.5) is 4.79 Å². The number of phenols is 1. The lowest BCUT2D eigenvalue weighted by molar-refractivity contribution is -0.130. The van der Waals surface area contributed by atoms with Crippen molar-refractivity contribution in [1.29, 1.82) is 0 Å². The fourth-order valence-corrected chi connectivity index (χ4v) is 4.77. The van der Waals surface area contributed by atoms with Gasteiger partial charge in [-0.3, -0.25) is 9.59 Å². The molecule has 0 aliphatic carbocycles. The maximum absolute atomic E-state index is 13.2. The van der Waals surface area contributed by atoms with Gasteiger partial charge in [0.25, 0.3) is 5.91 Å². The van der Waals surface area contributed by atoms with Crippen molar-refractivity contribution < 1.29 is 38.8 Å². The molecule has 14 heteroatoms. The Labute approximate surface area is 283 Å². The predicted octanol–water partition coefficient (Wildman–Crippen LogP) is 4.57. The van der Waals surface area contributed by atoms with E-state index in [1.807, 2.05) is 24.3 Å². The van der Waals surface area contributed by atoms with Crippen LogP contribution in [0.5, 0.6) is 17.2 Å². The summed E-state index contributed by atoms with van der Waals surface area (Å²) in [6.07, 6.45) is 0.503. The first-order valence-corrected chi connectivity index (χ1v) is 15.6. The molecular formula is C32H36Br2N4O8. The summed E-state index contributed by atoms with van der Waals surface area (Å²) in [6.45, 7) is 4.53. The van der Waals surface area contributed by atoms with E-state index in [2.05, 4.69) is 53.0 Å². The van der Waals surface area contributed by atoms with E-state index in [0.717, 1.165) is 10.0 Å². The van der Waals surface area contributed by atoms with E-state index in [1.165, 1.54) is 25.5 Å². The zero-order valence-corrected chi connectivity index (χ0v) is 28.8. The second kappa shape index (κ2) is 17.0. The smallest absolute Gasteiger partial charge is 0.408 e. The van der Waals surface area contributed by atoms with Gasteiger partial charge in [-0.25, -0.2) is 10.2 Å². The Morgan fingerprint density at radius 2 is 1.59 bits per heavy atom. The number of rotatable bonds is 13. The number of hydrogen-bond donors (Lipinski definition) is 5. The maximum Gasteiger partial charge on any atom is 0.408 e. The monoisotopic (exact) mass is 762 g/mol.